The van der Waals surface area contributed by atoms with E-state index >= 15 is 0 Å². The minimum Gasteiger partial charge on any atom is -0.434 e. The molecule has 1 amide bonds. The minimum atomic E-state index is -3.05. The first-order valence-corrected chi connectivity index (χ1v) is 8.53. The van der Waals surface area contributed by atoms with E-state index in [1.165, 1.54) is 35.0 Å². The number of aromatic nitrogens is 2. The van der Waals surface area contributed by atoms with Gasteiger partial charge in [-0.05, 0) is 35.9 Å². The number of ether oxygens (including phenoxy) is 1. The number of benzene rings is 2. The second-order valence-corrected chi connectivity index (χ2v) is 6.42. The number of nitrogens with zero attached hydrogens (tertiary/aromatic N) is 2. The summed E-state index contributed by atoms with van der Waals surface area (Å²) in [6.45, 7) is -2.74. The fourth-order valence-electron chi connectivity index (χ4n) is 2.40. The topological polar surface area (TPSA) is 56.2 Å². The highest BCUT2D eigenvalue weighted by atomic mass is 79.9. The van der Waals surface area contributed by atoms with Crippen LogP contribution in [-0.4, -0.2) is 22.3 Å². The lowest BCUT2D eigenvalue weighted by Crippen LogP contribution is -2.15. The number of nitrogens with one attached hydrogen (secondary N) is 1. The smallest absolute Gasteiger partial charge is 0.387 e. The lowest BCUT2D eigenvalue weighted by atomic mass is 10.2. The number of amides is 1. The van der Waals surface area contributed by atoms with Crippen LogP contribution in [0.1, 0.15) is 15.9 Å². The zero-order chi connectivity index (χ0) is 19.4. The number of anilines is 1. The van der Waals surface area contributed by atoms with Crippen LogP contribution in [0, 0.1) is 5.82 Å². The summed E-state index contributed by atoms with van der Waals surface area (Å²) in [5, 5.41) is 6.70. The molecule has 3 aromatic rings. The molecule has 140 valence electrons. The van der Waals surface area contributed by atoms with E-state index in [0.29, 0.717) is 16.6 Å². The number of carbonyl (C=O) groups is 1. The van der Waals surface area contributed by atoms with Gasteiger partial charge in [-0.3, -0.25) is 9.48 Å². The van der Waals surface area contributed by atoms with Crippen LogP contribution >= 0.6 is 15.9 Å². The van der Waals surface area contributed by atoms with Crippen LogP contribution in [0.15, 0.2) is 59.2 Å². The van der Waals surface area contributed by atoms with E-state index in [9.17, 15) is 18.0 Å². The summed E-state index contributed by atoms with van der Waals surface area (Å²) in [5.74, 6) is -1.03. The van der Waals surface area contributed by atoms with E-state index in [4.69, 9.17) is 0 Å². The first-order valence-electron chi connectivity index (χ1n) is 7.74. The average Bonchev–Trinajstić information content (AvgIpc) is 3.03. The molecule has 0 fully saturated rings. The maximum absolute atomic E-state index is 13.2. The third-order valence-electron chi connectivity index (χ3n) is 3.52. The molecule has 0 atom stereocenters. The van der Waals surface area contributed by atoms with Crippen LogP contribution in [0.25, 0.3) is 0 Å². The van der Waals surface area contributed by atoms with Gasteiger partial charge in [-0.25, -0.2) is 4.39 Å². The zero-order valence-electron chi connectivity index (χ0n) is 13.7. The molecule has 3 rings (SSSR count). The Bertz CT molecular complexity index is 963. The summed E-state index contributed by atoms with van der Waals surface area (Å²) >= 11 is 3.19. The van der Waals surface area contributed by atoms with E-state index in [2.05, 4.69) is 31.1 Å². The third kappa shape index (κ3) is 5.10. The van der Waals surface area contributed by atoms with E-state index in [1.807, 2.05) is 0 Å². The number of hydrogen-bond donors (Lipinski definition) is 1. The van der Waals surface area contributed by atoms with E-state index in [1.54, 1.807) is 24.4 Å². The molecular weight excluding hydrogens is 427 g/mol. The van der Waals surface area contributed by atoms with Crippen molar-refractivity contribution in [1.82, 2.24) is 9.78 Å². The number of halogens is 4. The molecule has 0 saturated carbocycles. The van der Waals surface area contributed by atoms with Crippen molar-refractivity contribution in [2.45, 2.75) is 13.2 Å². The molecule has 9 heteroatoms. The van der Waals surface area contributed by atoms with Crippen LogP contribution in [0.4, 0.5) is 19.0 Å². The Morgan fingerprint density at radius 2 is 2.04 bits per heavy atom. The van der Waals surface area contributed by atoms with Crippen molar-refractivity contribution in [3.8, 4) is 5.75 Å². The highest BCUT2D eigenvalue weighted by molar-refractivity contribution is 9.10. The predicted octanol–water partition coefficient (Wildman–Crippen LogP) is 4.69. The van der Waals surface area contributed by atoms with Crippen LogP contribution in [0.3, 0.4) is 0 Å². The quantitative estimate of drug-likeness (QED) is 0.606. The maximum Gasteiger partial charge on any atom is 0.387 e. The van der Waals surface area contributed by atoms with Gasteiger partial charge in [-0.2, -0.15) is 13.9 Å². The predicted molar refractivity (Wildman–Crippen MR) is 96.5 cm³/mol. The summed E-state index contributed by atoms with van der Waals surface area (Å²) in [6.07, 6.45) is 1.61. The van der Waals surface area contributed by atoms with Gasteiger partial charge in [0.05, 0.1) is 12.1 Å². The lowest BCUT2D eigenvalue weighted by molar-refractivity contribution is -0.0501. The molecule has 1 aromatic heterocycles. The van der Waals surface area contributed by atoms with Gasteiger partial charge < -0.3 is 10.1 Å². The van der Waals surface area contributed by atoms with Crippen molar-refractivity contribution >= 4 is 27.7 Å². The Balaban J connectivity index is 1.74. The first kappa shape index (κ1) is 19.0. The van der Waals surface area contributed by atoms with E-state index in [0.717, 1.165) is 0 Å². The summed E-state index contributed by atoms with van der Waals surface area (Å²) in [6, 6.07) is 11.7. The third-order valence-corrected chi connectivity index (χ3v) is 4.01. The maximum atomic E-state index is 13.2. The van der Waals surface area contributed by atoms with Gasteiger partial charge in [-0.1, -0.05) is 28.1 Å². The van der Waals surface area contributed by atoms with E-state index < -0.39 is 12.5 Å². The van der Waals surface area contributed by atoms with E-state index in [-0.39, 0.29) is 22.9 Å². The lowest BCUT2D eigenvalue weighted by Gasteiger charge is -2.10. The number of alkyl halides is 2. The SMILES string of the molecule is O=C(Nc1ccn(Cc2cccc(F)c2)n1)c1cc(Br)ccc1OC(F)F. The Hall–Kier alpha value is -2.81. The molecule has 0 radical (unpaired) electrons. The van der Waals surface area contributed by atoms with Crippen LogP contribution in [0.5, 0.6) is 5.75 Å². The van der Waals surface area contributed by atoms with Crippen LogP contribution < -0.4 is 10.1 Å². The van der Waals surface area contributed by atoms with Gasteiger partial charge in [0.2, 0.25) is 0 Å². The Labute approximate surface area is 160 Å². The number of hydrogen-bond acceptors (Lipinski definition) is 3. The average molecular weight is 440 g/mol. The largest absolute Gasteiger partial charge is 0.434 e. The molecular formula is C18H13BrF3N3O2. The van der Waals surface area contributed by atoms with Crippen LogP contribution in [0.2, 0.25) is 0 Å². The Kier molecular flexibility index (Phi) is 5.80. The standard InChI is InChI=1S/C18H13BrF3N3O2/c19-12-4-5-15(27-18(21)22)14(9-12)17(26)23-16-6-7-25(24-16)10-11-2-1-3-13(20)8-11/h1-9,18H,10H2,(H,23,24,26). The molecule has 0 aliphatic carbocycles. The fourth-order valence-corrected chi connectivity index (χ4v) is 2.76. The van der Waals surface area contributed by atoms with Crippen molar-refractivity contribution in [3.63, 3.8) is 0 Å². The summed E-state index contributed by atoms with van der Waals surface area (Å²) in [5.41, 5.74) is 0.639. The second kappa shape index (κ2) is 8.26. The van der Waals surface area contributed by atoms with Gasteiger partial charge in [0.15, 0.2) is 5.82 Å². The summed E-state index contributed by atoms with van der Waals surface area (Å²) < 4.78 is 44.7. The molecule has 0 saturated heterocycles. The van der Waals surface area contributed by atoms with Gasteiger partial charge >= 0.3 is 6.61 Å². The molecule has 1 N–H and O–H groups in total. The second-order valence-electron chi connectivity index (χ2n) is 5.50. The van der Waals surface area contributed by atoms with Crippen LogP contribution in [-0.2, 0) is 6.54 Å². The van der Waals surface area contributed by atoms with Crippen molar-refractivity contribution in [3.05, 3.63) is 76.1 Å². The van der Waals surface area contributed by atoms with Crippen molar-refractivity contribution in [2.75, 3.05) is 5.32 Å². The summed E-state index contributed by atoms with van der Waals surface area (Å²) in [4.78, 5) is 12.4. The highest BCUT2D eigenvalue weighted by Crippen LogP contribution is 2.25. The molecule has 2 aromatic carbocycles. The van der Waals surface area contributed by atoms with Gasteiger partial charge in [0.25, 0.3) is 5.91 Å². The molecule has 5 nitrogen and oxygen atoms in total. The van der Waals surface area contributed by atoms with Gasteiger partial charge in [0.1, 0.15) is 11.6 Å². The number of rotatable bonds is 6. The van der Waals surface area contributed by atoms with Crippen molar-refractivity contribution < 1.29 is 22.7 Å². The van der Waals surface area contributed by atoms with Gasteiger partial charge in [0, 0.05) is 16.7 Å². The highest BCUT2D eigenvalue weighted by Gasteiger charge is 2.17. The minimum absolute atomic E-state index is 0.0654. The van der Waals surface area contributed by atoms with Gasteiger partial charge in [-0.15, -0.1) is 0 Å². The van der Waals surface area contributed by atoms with Crippen molar-refractivity contribution in [2.24, 2.45) is 0 Å². The molecule has 0 aliphatic rings. The Morgan fingerprint density at radius 3 is 2.78 bits per heavy atom. The fraction of sp³-hybridized carbons (Fsp3) is 0.111. The molecule has 0 bridgehead atoms. The molecule has 0 aliphatic heterocycles. The number of carbonyl (C=O) groups excluding carboxylic acids is 1. The molecule has 0 unspecified atom stereocenters. The summed E-state index contributed by atoms with van der Waals surface area (Å²) in [7, 11) is 0. The molecule has 27 heavy (non-hydrogen) atoms. The Morgan fingerprint density at radius 1 is 1.22 bits per heavy atom. The molecule has 0 spiro atoms. The molecule has 1 heterocycles. The zero-order valence-corrected chi connectivity index (χ0v) is 15.3. The first-order chi connectivity index (χ1) is 12.9. The van der Waals surface area contributed by atoms with Crippen molar-refractivity contribution in [1.29, 1.82) is 0 Å². The normalized spacial score (nSPS) is 10.9. The monoisotopic (exact) mass is 439 g/mol.